The number of ether oxygens (including phenoxy) is 4. The summed E-state index contributed by atoms with van der Waals surface area (Å²) >= 11 is 0. The van der Waals surface area contributed by atoms with E-state index in [1.54, 1.807) is 0 Å². The molecule has 0 aliphatic carbocycles. The molecule has 104 heavy (non-hydrogen) atoms. The molecule has 0 radical (unpaired) electrons. The van der Waals surface area contributed by atoms with Gasteiger partial charge in [-0.2, -0.15) is 0 Å². The third kappa shape index (κ3) is 76.8. The summed E-state index contributed by atoms with van der Waals surface area (Å²) in [4.78, 5) is 73.2. The molecule has 0 fully saturated rings. The molecule has 0 aromatic carbocycles. The summed E-state index contributed by atoms with van der Waals surface area (Å²) < 4.78 is 68.9. The largest absolute Gasteiger partial charge is 0.472 e. The van der Waals surface area contributed by atoms with Crippen LogP contribution in [0.1, 0.15) is 447 Å². The van der Waals surface area contributed by atoms with Gasteiger partial charge in [0.25, 0.3) is 0 Å². The van der Waals surface area contributed by atoms with Crippen LogP contribution in [0.15, 0.2) is 0 Å². The highest BCUT2D eigenvalue weighted by Gasteiger charge is 2.30. The van der Waals surface area contributed by atoms with Gasteiger partial charge in [0.1, 0.15) is 19.3 Å². The molecule has 0 heterocycles. The minimum Gasteiger partial charge on any atom is -0.462 e. The molecule has 3 N–H and O–H groups in total. The third-order valence-corrected chi connectivity index (χ3v) is 22.1. The van der Waals surface area contributed by atoms with Gasteiger partial charge >= 0.3 is 39.5 Å². The molecule has 0 rings (SSSR count). The number of carbonyl (C=O) groups excluding carboxylic acids is 4. The molecule has 17 nitrogen and oxygen atoms in total. The Morgan fingerprint density at radius 1 is 0.279 bits per heavy atom. The fourth-order valence-corrected chi connectivity index (χ4v) is 14.7. The highest BCUT2D eigenvalue weighted by molar-refractivity contribution is 7.47. The van der Waals surface area contributed by atoms with Crippen LogP contribution in [0, 0.1) is 17.8 Å². The number of carbonyl (C=O) groups is 4. The Hall–Kier alpha value is -1.94. The Morgan fingerprint density at radius 2 is 0.490 bits per heavy atom. The highest BCUT2D eigenvalue weighted by Crippen LogP contribution is 2.45. The first-order valence-electron chi connectivity index (χ1n) is 43.9. The number of rotatable bonds is 83. The minimum atomic E-state index is -4.97. The van der Waals surface area contributed by atoms with Crippen LogP contribution >= 0.6 is 15.6 Å². The van der Waals surface area contributed by atoms with Gasteiger partial charge in [0, 0.05) is 25.7 Å². The van der Waals surface area contributed by atoms with E-state index in [1.165, 1.54) is 257 Å². The van der Waals surface area contributed by atoms with Crippen LogP contribution in [-0.2, 0) is 65.4 Å². The third-order valence-electron chi connectivity index (χ3n) is 20.2. The lowest BCUT2D eigenvalue weighted by Crippen LogP contribution is -2.30. The van der Waals surface area contributed by atoms with E-state index >= 15 is 0 Å². The monoisotopic (exact) mass is 1520 g/mol. The average molecular weight is 1520 g/mol. The van der Waals surface area contributed by atoms with E-state index in [0.717, 1.165) is 108 Å². The van der Waals surface area contributed by atoms with E-state index in [-0.39, 0.29) is 25.7 Å². The number of esters is 4. The summed E-state index contributed by atoms with van der Waals surface area (Å²) in [6.07, 6.45) is 65.3. The number of phosphoric ester groups is 2. The topological polar surface area (TPSA) is 237 Å². The Balaban J connectivity index is 5.25. The lowest BCUT2D eigenvalue weighted by Gasteiger charge is -2.21. The van der Waals surface area contributed by atoms with Crippen molar-refractivity contribution < 1.29 is 80.2 Å². The fraction of sp³-hybridized carbons (Fsp3) is 0.953. The van der Waals surface area contributed by atoms with Crippen molar-refractivity contribution in [1.29, 1.82) is 0 Å². The number of aliphatic hydroxyl groups excluding tert-OH is 1. The van der Waals surface area contributed by atoms with Gasteiger partial charge in [-0.1, -0.05) is 395 Å². The first-order valence-corrected chi connectivity index (χ1v) is 46.9. The summed E-state index contributed by atoms with van der Waals surface area (Å²) in [7, 11) is -9.93. The predicted octanol–water partition coefficient (Wildman–Crippen LogP) is 25.7. The van der Waals surface area contributed by atoms with Crippen LogP contribution < -0.4 is 0 Å². The average Bonchev–Trinajstić information content (AvgIpc) is 0.910. The predicted molar refractivity (Wildman–Crippen MR) is 428 cm³/mol. The van der Waals surface area contributed by atoms with E-state index in [0.29, 0.717) is 25.7 Å². The SMILES string of the molecule is CCCCCCCCCCCCCCCCCCCCCCC(=O)O[C@H](COC(=O)CCCCCCCCCCCCCCCCCCC(C)C)COP(=O)(O)OC[C@@H](O)COP(=O)(O)OC[C@@H](COC(=O)CCCCCCCCCCC(C)CC)OC(=O)CCCCCCCCCCCCC(C)C. The van der Waals surface area contributed by atoms with Crippen LogP contribution in [0.3, 0.4) is 0 Å². The summed E-state index contributed by atoms with van der Waals surface area (Å²) in [6.45, 7) is 12.0. The van der Waals surface area contributed by atoms with Gasteiger partial charge in [-0.3, -0.25) is 37.3 Å². The fourth-order valence-electron chi connectivity index (χ4n) is 13.2. The van der Waals surface area contributed by atoms with E-state index < -0.39 is 97.5 Å². The zero-order valence-electron chi connectivity index (χ0n) is 68.5. The summed E-state index contributed by atoms with van der Waals surface area (Å²) in [6, 6.07) is 0. The van der Waals surface area contributed by atoms with E-state index in [2.05, 4.69) is 48.5 Å². The molecule has 6 atom stereocenters. The van der Waals surface area contributed by atoms with Crippen molar-refractivity contribution in [2.75, 3.05) is 39.6 Å². The standard InChI is InChI=1S/C85H166O17P2/c1-8-10-11-12-13-14-15-16-17-18-19-20-21-26-29-32-38-47-54-61-68-84(89)101-80(72-95-82(87)66-59-52-45-37-31-28-25-23-22-24-27-30-35-42-49-56-63-76(3)4)74-99-103(91,92)97-70-79(86)71-98-104(93,94)100-75-81(73-96-83(88)67-60-53-46-41-40-44-51-58-65-78(7)9-2)102-85(90)69-62-55-48-39-34-33-36-43-50-57-64-77(5)6/h76-81,86H,8-75H2,1-7H3,(H,91,92)(H,93,94)/t78?,79-,80-,81-/m1/s1. The van der Waals surface area contributed by atoms with Gasteiger partial charge in [-0.25, -0.2) is 9.13 Å². The minimum absolute atomic E-state index is 0.106. The van der Waals surface area contributed by atoms with Crippen molar-refractivity contribution in [2.24, 2.45) is 17.8 Å². The van der Waals surface area contributed by atoms with Crippen molar-refractivity contribution in [3.05, 3.63) is 0 Å². The van der Waals surface area contributed by atoms with E-state index in [4.69, 9.17) is 37.0 Å². The van der Waals surface area contributed by atoms with Gasteiger partial charge < -0.3 is 33.8 Å². The van der Waals surface area contributed by atoms with Crippen LogP contribution in [-0.4, -0.2) is 96.7 Å². The molecule has 3 unspecified atom stereocenters. The molecule has 0 saturated carbocycles. The summed E-state index contributed by atoms with van der Waals surface area (Å²) in [5, 5.41) is 10.7. The van der Waals surface area contributed by atoms with Crippen molar-refractivity contribution in [1.82, 2.24) is 0 Å². The Labute approximate surface area is 638 Å². The van der Waals surface area contributed by atoms with Gasteiger partial charge in [0.2, 0.25) is 0 Å². The maximum Gasteiger partial charge on any atom is 0.472 e. The van der Waals surface area contributed by atoms with E-state index in [1.807, 2.05) is 0 Å². The molecule has 0 aliphatic heterocycles. The number of hydrogen-bond acceptors (Lipinski definition) is 15. The zero-order valence-corrected chi connectivity index (χ0v) is 70.3. The zero-order chi connectivity index (χ0) is 76.5. The van der Waals surface area contributed by atoms with Crippen LogP contribution in [0.2, 0.25) is 0 Å². The molecule has 0 saturated heterocycles. The molecule has 618 valence electrons. The second-order valence-corrected chi connectivity index (χ2v) is 34.7. The second-order valence-electron chi connectivity index (χ2n) is 31.8. The first-order chi connectivity index (χ1) is 50.3. The molecule has 0 bridgehead atoms. The molecule has 0 aromatic heterocycles. The number of phosphoric acid groups is 2. The number of hydrogen-bond donors (Lipinski definition) is 3. The number of unbranched alkanes of at least 4 members (excludes halogenated alkanes) is 50. The maximum absolute atomic E-state index is 13.1. The Kier molecular flexibility index (Phi) is 73.7. The quantitative estimate of drug-likeness (QED) is 0.0222. The maximum atomic E-state index is 13.1. The van der Waals surface area contributed by atoms with Crippen LogP contribution in [0.4, 0.5) is 0 Å². The first kappa shape index (κ1) is 102. The van der Waals surface area contributed by atoms with E-state index in [9.17, 15) is 43.2 Å². The molecule has 0 aromatic rings. The molecular formula is C85H166O17P2. The van der Waals surface area contributed by atoms with Gasteiger partial charge in [-0.05, 0) is 43.4 Å². The van der Waals surface area contributed by atoms with Gasteiger partial charge in [-0.15, -0.1) is 0 Å². The van der Waals surface area contributed by atoms with Gasteiger partial charge in [0.15, 0.2) is 12.2 Å². The smallest absolute Gasteiger partial charge is 0.462 e. The Morgan fingerprint density at radius 3 is 0.731 bits per heavy atom. The van der Waals surface area contributed by atoms with Gasteiger partial charge in [0.05, 0.1) is 26.4 Å². The van der Waals surface area contributed by atoms with Crippen molar-refractivity contribution in [3.8, 4) is 0 Å². The highest BCUT2D eigenvalue weighted by atomic mass is 31.2. The molecule has 0 aliphatic rings. The molecule has 0 amide bonds. The second kappa shape index (κ2) is 75.1. The molecule has 19 heteroatoms. The normalized spacial score (nSPS) is 14.2. The lowest BCUT2D eigenvalue weighted by molar-refractivity contribution is -0.161. The lowest BCUT2D eigenvalue weighted by atomic mass is 9.99. The van der Waals surface area contributed by atoms with Crippen molar-refractivity contribution in [2.45, 2.75) is 465 Å². The summed E-state index contributed by atoms with van der Waals surface area (Å²) in [5.74, 6) is 0.235. The summed E-state index contributed by atoms with van der Waals surface area (Å²) in [5.41, 5.74) is 0. The van der Waals surface area contributed by atoms with Crippen LogP contribution in [0.25, 0.3) is 0 Å². The Bertz CT molecular complexity index is 2010. The van der Waals surface area contributed by atoms with Crippen molar-refractivity contribution >= 4 is 39.5 Å². The van der Waals surface area contributed by atoms with Crippen LogP contribution in [0.5, 0.6) is 0 Å². The molecular weight excluding hydrogens is 1350 g/mol. The number of aliphatic hydroxyl groups is 1. The molecule has 0 spiro atoms. The van der Waals surface area contributed by atoms with Crippen molar-refractivity contribution in [3.63, 3.8) is 0 Å².